The molecule has 2 saturated heterocycles. The van der Waals surface area contributed by atoms with E-state index in [1.807, 2.05) is 56.7 Å². The molecule has 0 bridgehead atoms. The summed E-state index contributed by atoms with van der Waals surface area (Å²) in [6.45, 7) is 3.70. The summed E-state index contributed by atoms with van der Waals surface area (Å²) in [6.07, 6.45) is 1.33. The van der Waals surface area contributed by atoms with Crippen molar-refractivity contribution in [2.24, 2.45) is 0 Å². The molecule has 2 aliphatic rings. The second kappa shape index (κ2) is 8.94. The maximum atomic E-state index is 6.21. The van der Waals surface area contributed by atoms with Crippen molar-refractivity contribution in [3.05, 3.63) is 35.9 Å². The fourth-order valence-corrected chi connectivity index (χ4v) is 3.78. The van der Waals surface area contributed by atoms with Gasteiger partial charge in [-0.05, 0) is 56.4 Å². The minimum Gasteiger partial charge on any atom is -0.469 e. The zero-order chi connectivity index (χ0) is 19.6. The summed E-state index contributed by atoms with van der Waals surface area (Å²) in [4.78, 5) is 0. The molecule has 0 saturated carbocycles. The third-order valence-corrected chi connectivity index (χ3v) is 6.29. The van der Waals surface area contributed by atoms with Crippen LogP contribution in [0.1, 0.15) is 25.5 Å². The van der Waals surface area contributed by atoms with E-state index < -0.39 is 36.5 Å². The number of rotatable bonds is 4. The van der Waals surface area contributed by atoms with Crippen molar-refractivity contribution in [1.82, 2.24) is 0 Å². The molecule has 3 rings (SSSR count). The normalized spacial score (nSPS) is 29.8. The maximum Gasteiger partial charge on any atom is 0.220 e. The van der Waals surface area contributed by atoms with Crippen LogP contribution in [0.4, 0.5) is 0 Å². The molecular weight excluding hydrogens is 424 g/mol. The van der Waals surface area contributed by atoms with Gasteiger partial charge < -0.3 is 23.7 Å². The molecule has 0 N–H and O–H groups in total. The van der Waals surface area contributed by atoms with Gasteiger partial charge in [0.2, 0.25) is 8.77 Å². The number of fused-ring (bicyclic) bond motifs is 1. The fraction of sp³-hybridized carbons (Fsp3) is 0.556. The number of ether oxygens (including phenoxy) is 5. The predicted molar refractivity (Wildman–Crippen MR) is 116 cm³/mol. The Morgan fingerprint density at radius 3 is 2.37 bits per heavy atom. The zero-order valence-corrected chi connectivity index (χ0v) is 18.7. The Morgan fingerprint density at radius 2 is 1.74 bits per heavy atom. The molecule has 0 amide bonds. The second-order valence-electron chi connectivity index (χ2n) is 6.51. The van der Waals surface area contributed by atoms with Gasteiger partial charge in [0.05, 0.1) is 0 Å². The molecule has 2 heterocycles. The minimum atomic E-state index is -0.749. The third-order valence-electron chi connectivity index (χ3n) is 4.24. The first-order valence-electron chi connectivity index (χ1n) is 8.40. The van der Waals surface area contributed by atoms with Crippen LogP contribution < -0.4 is 0 Å². The van der Waals surface area contributed by atoms with Gasteiger partial charge in [0.25, 0.3) is 0 Å². The predicted octanol–water partition coefficient (Wildman–Crippen LogP) is 4.30. The van der Waals surface area contributed by atoms with E-state index in [0.29, 0.717) is 8.77 Å². The fourth-order valence-electron chi connectivity index (χ4n) is 3.16. The Hall–Kier alpha value is -0.420. The van der Waals surface area contributed by atoms with Gasteiger partial charge in [0.15, 0.2) is 30.4 Å². The lowest BCUT2D eigenvalue weighted by Crippen LogP contribution is -2.41. The lowest BCUT2D eigenvalue weighted by atomic mass is 9.99. The van der Waals surface area contributed by atoms with E-state index in [4.69, 9.17) is 48.1 Å². The van der Waals surface area contributed by atoms with Crippen molar-refractivity contribution in [2.75, 3.05) is 12.5 Å². The average molecular weight is 447 g/mol. The molecule has 0 aliphatic carbocycles. The second-order valence-corrected chi connectivity index (χ2v) is 9.33. The molecule has 2 aliphatic heterocycles. The van der Waals surface area contributed by atoms with Crippen LogP contribution in [-0.4, -0.2) is 51.7 Å². The molecule has 27 heavy (non-hydrogen) atoms. The molecule has 0 unspecified atom stereocenters. The minimum absolute atomic E-state index is 0.409. The first kappa shape index (κ1) is 21.3. The highest BCUT2D eigenvalue weighted by Gasteiger charge is 2.59. The Bertz CT molecular complexity index is 684. The van der Waals surface area contributed by atoms with Crippen molar-refractivity contribution in [1.29, 1.82) is 0 Å². The van der Waals surface area contributed by atoms with Gasteiger partial charge >= 0.3 is 0 Å². The summed E-state index contributed by atoms with van der Waals surface area (Å²) < 4.78 is 31.1. The summed E-state index contributed by atoms with van der Waals surface area (Å²) in [5.74, 6) is -0.749. The summed E-state index contributed by atoms with van der Waals surface area (Å²) in [5, 5.41) is 0. The Labute approximate surface area is 178 Å². The molecule has 1 aromatic carbocycles. The number of hydrogen-bond donors (Lipinski definition) is 0. The quantitative estimate of drug-likeness (QED) is 0.630. The van der Waals surface area contributed by atoms with Crippen LogP contribution in [0.2, 0.25) is 0 Å². The van der Waals surface area contributed by atoms with Crippen LogP contribution in [0.15, 0.2) is 30.3 Å². The molecule has 148 valence electrons. The van der Waals surface area contributed by atoms with Crippen LogP contribution in [0, 0.1) is 0 Å². The molecule has 0 aromatic heterocycles. The molecular formula is C18H22O5S4. The Balaban J connectivity index is 1.91. The summed E-state index contributed by atoms with van der Waals surface area (Å²) >= 11 is 13.3. The first-order valence-corrected chi connectivity index (χ1v) is 11.7. The smallest absolute Gasteiger partial charge is 0.220 e. The van der Waals surface area contributed by atoms with E-state index in [1.54, 1.807) is 0 Å². The van der Waals surface area contributed by atoms with Gasteiger partial charge in [-0.2, -0.15) is 0 Å². The van der Waals surface area contributed by atoms with Crippen LogP contribution in [-0.2, 0) is 23.7 Å². The van der Waals surface area contributed by atoms with Crippen molar-refractivity contribution < 1.29 is 23.7 Å². The van der Waals surface area contributed by atoms with Gasteiger partial charge in [-0.25, -0.2) is 0 Å². The molecule has 0 radical (unpaired) electrons. The third kappa shape index (κ3) is 4.95. The highest BCUT2D eigenvalue weighted by Crippen LogP contribution is 2.44. The van der Waals surface area contributed by atoms with E-state index in [1.165, 1.54) is 23.5 Å². The van der Waals surface area contributed by atoms with E-state index >= 15 is 0 Å². The topological polar surface area (TPSA) is 46.2 Å². The lowest BCUT2D eigenvalue weighted by Gasteiger charge is -2.31. The summed E-state index contributed by atoms with van der Waals surface area (Å²) in [7, 11) is 0. The number of thioether (sulfide) groups is 2. The van der Waals surface area contributed by atoms with Gasteiger partial charge in [-0.1, -0.05) is 53.9 Å². The Kier molecular flexibility index (Phi) is 7.05. The van der Waals surface area contributed by atoms with E-state index in [2.05, 4.69) is 0 Å². The van der Waals surface area contributed by atoms with Gasteiger partial charge in [-0.15, -0.1) is 0 Å². The molecule has 1 aromatic rings. The van der Waals surface area contributed by atoms with E-state index in [-0.39, 0.29) is 0 Å². The maximum absolute atomic E-state index is 6.21. The van der Waals surface area contributed by atoms with Gasteiger partial charge in [0.1, 0.15) is 6.10 Å². The average Bonchev–Trinajstić information content (AvgIpc) is 3.12. The van der Waals surface area contributed by atoms with Crippen LogP contribution >= 0.6 is 48.0 Å². The van der Waals surface area contributed by atoms with Crippen molar-refractivity contribution in [3.63, 3.8) is 0 Å². The monoisotopic (exact) mass is 446 g/mol. The molecule has 2 fully saturated rings. The number of hydrogen-bond acceptors (Lipinski definition) is 9. The van der Waals surface area contributed by atoms with E-state index in [9.17, 15) is 0 Å². The highest BCUT2D eigenvalue weighted by molar-refractivity contribution is 8.22. The molecule has 5 atom stereocenters. The Morgan fingerprint density at radius 1 is 1.07 bits per heavy atom. The summed E-state index contributed by atoms with van der Waals surface area (Å²) in [5.41, 5.74) is 0.932. The number of benzene rings is 1. The molecule has 9 heteroatoms. The van der Waals surface area contributed by atoms with Crippen molar-refractivity contribution in [2.45, 2.75) is 50.3 Å². The first-order chi connectivity index (χ1) is 12.8. The van der Waals surface area contributed by atoms with Gasteiger partial charge in [0, 0.05) is 0 Å². The van der Waals surface area contributed by atoms with E-state index in [0.717, 1.165) is 5.56 Å². The lowest BCUT2D eigenvalue weighted by molar-refractivity contribution is -0.223. The van der Waals surface area contributed by atoms with Crippen LogP contribution in [0.5, 0.6) is 0 Å². The summed E-state index contributed by atoms with van der Waals surface area (Å²) in [6, 6.07) is 9.79. The van der Waals surface area contributed by atoms with Gasteiger partial charge in [-0.3, -0.25) is 0 Å². The van der Waals surface area contributed by atoms with Crippen molar-refractivity contribution >= 4 is 56.7 Å². The standard InChI is InChI=1S/C18H22O5S4/c1-18(2)22-14-13(21-17(25)27-4)12(19-15(14)23-18)11(20-16(24)26-3)10-8-6-5-7-9-10/h5-9,11-15H,1-4H3/t11-,12+,13-,14+,15+/m0/s1. The largest absolute Gasteiger partial charge is 0.469 e. The zero-order valence-electron chi connectivity index (χ0n) is 15.4. The van der Waals surface area contributed by atoms with Crippen LogP contribution in [0.25, 0.3) is 0 Å². The number of thiocarbonyl (C=S) groups is 2. The highest BCUT2D eigenvalue weighted by atomic mass is 32.2. The molecule has 0 spiro atoms. The van der Waals surface area contributed by atoms with Crippen molar-refractivity contribution in [3.8, 4) is 0 Å². The SMILES string of the molecule is CSC(=S)O[C@@H]1[C@H]2OC(C)(C)O[C@H]2O[C@@H]1[C@@H](OC(=S)SC)c1ccccc1. The molecule has 5 nitrogen and oxygen atoms in total. The van der Waals surface area contributed by atoms with Crippen LogP contribution in [0.3, 0.4) is 0 Å².